The van der Waals surface area contributed by atoms with E-state index < -0.39 is 0 Å². The van der Waals surface area contributed by atoms with Crippen LogP contribution in [0.15, 0.2) is 18.5 Å². The maximum Gasteiger partial charge on any atom is 0.195 e. The van der Waals surface area contributed by atoms with Gasteiger partial charge in [-0.2, -0.15) is 4.68 Å². The van der Waals surface area contributed by atoms with Gasteiger partial charge in [-0.15, -0.1) is 4.68 Å². The molecule has 0 spiro atoms. The number of hydrogen-bond donors (Lipinski definition) is 0. The van der Waals surface area contributed by atoms with Gasteiger partial charge in [-0.1, -0.05) is 0 Å². The van der Waals surface area contributed by atoms with Gasteiger partial charge < -0.3 is 17.0 Å². The Morgan fingerprint density at radius 3 is 2.25 bits per heavy atom. The molecule has 0 aliphatic heterocycles. The monoisotopic (exact) mass is 176 g/mol. The minimum atomic E-state index is 0. The van der Waals surface area contributed by atoms with Crippen LogP contribution in [0, 0.1) is 0 Å². The third kappa shape index (κ3) is 1.33. The number of hydrogen-bond acceptors (Lipinski definition) is 0. The molecule has 0 aliphatic carbocycles. The zero-order chi connectivity index (χ0) is 5.28. The molecular weight excluding hydrogens is 168 g/mol. The minimum absolute atomic E-state index is 0. The highest BCUT2D eigenvalue weighted by Crippen LogP contribution is 1.70. The summed E-state index contributed by atoms with van der Waals surface area (Å²) >= 11 is 0. The smallest absolute Gasteiger partial charge is 0.195 e. The van der Waals surface area contributed by atoms with Crippen LogP contribution in [0.5, 0.6) is 0 Å². The molecule has 8 heavy (non-hydrogen) atoms. The van der Waals surface area contributed by atoms with Gasteiger partial charge in [0.05, 0.1) is 13.2 Å². The quantitative estimate of drug-likeness (QED) is 0.370. The molecule has 0 bridgehead atoms. The lowest BCUT2D eigenvalue weighted by Crippen LogP contribution is -3.00. The molecule has 0 aliphatic rings. The second-order valence-electron chi connectivity index (χ2n) is 1.64. The lowest BCUT2D eigenvalue weighted by atomic mass is 10.8. The lowest BCUT2D eigenvalue weighted by molar-refractivity contribution is -0.751. The molecule has 3 heteroatoms. The Labute approximate surface area is 59.5 Å². The largest absolute Gasteiger partial charge is 1.00 e. The highest BCUT2D eigenvalue weighted by Gasteiger charge is 1.89. The fourth-order valence-corrected chi connectivity index (χ4v) is 0.498. The van der Waals surface area contributed by atoms with E-state index in [0.717, 1.165) is 0 Å². The number of aromatic nitrogens is 2. The predicted molar refractivity (Wildman–Crippen MR) is 26.6 cm³/mol. The van der Waals surface area contributed by atoms with E-state index in [9.17, 15) is 0 Å². The van der Waals surface area contributed by atoms with E-state index in [2.05, 4.69) is 0 Å². The molecule has 1 rings (SSSR count). The van der Waals surface area contributed by atoms with Gasteiger partial charge in [0.1, 0.15) is 0 Å². The van der Waals surface area contributed by atoms with E-state index >= 15 is 0 Å². The first-order valence-electron chi connectivity index (χ1n) is 2.28. The van der Waals surface area contributed by atoms with E-state index in [1.807, 2.05) is 41.9 Å². The third-order valence-corrected chi connectivity index (χ3v) is 1.10. The van der Waals surface area contributed by atoms with Crippen LogP contribution in [-0.2, 0) is 14.1 Å². The summed E-state index contributed by atoms with van der Waals surface area (Å²) in [7, 11) is 4.00. The lowest BCUT2D eigenvalue weighted by Gasteiger charge is -1.82. The Kier molecular flexibility index (Phi) is 2.76. The normalized spacial score (nSPS) is 8.25. The van der Waals surface area contributed by atoms with Crippen molar-refractivity contribution in [3.63, 3.8) is 0 Å². The highest BCUT2D eigenvalue weighted by molar-refractivity contribution is 4.69. The molecule has 0 amide bonds. The maximum atomic E-state index is 2.00. The van der Waals surface area contributed by atoms with E-state index in [-0.39, 0.29) is 17.0 Å². The average Bonchev–Trinajstić information content (AvgIpc) is 1.91. The van der Waals surface area contributed by atoms with Crippen molar-refractivity contribution in [2.45, 2.75) is 0 Å². The SMILES string of the molecule is Cn1ccc[n+]1C.[Br-]. The Morgan fingerprint density at radius 1 is 1.50 bits per heavy atom. The van der Waals surface area contributed by atoms with Gasteiger partial charge in [0.2, 0.25) is 0 Å². The molecule has 0 radical (unpaired) electrons. The van der Waals surface area contributed by atoms with E-state index in [4.69, 9.17) is 0 Å². The van der Waals surface area contributed by atoms with Crippen LogP contribution in [0.1, 0.15) is 0 Å². The second-order valence-corrected chi connectivity index (χ2v) is 1.64. The number of nitrogens with zero attached hydrogens (tertiary/aromatic N) is 2. The zero-order valence-corrected chi connectivity index (χ0v) is 6.59. The molecule has 0 unspecified atom stereocenters. The predicted octanol–water partition coefficient (Wildman–Crippen LogP) is -3.15. The highest BCUT2D eigenvalue weighted by atomic mass is 79.9. The molecule has 1 aromatic rings. The molecular formula is C5H9BrN2. The van der Waals surface area contributed by atoms with Crippen LogP contribution in [0.2, 0.25) is 0 Å². The summed E-state index contributed by atoms with van der Waals surface area (Å²) in [5.74, 6) is 0. The van der Waals surface area contributed by atoms with Crippen LogP contribution < -0.4 is 21.7 Å². The Morgan fingerprint density at radius 2 is 2.12 bits per heavy atom. The number of rotatable bonds is 0. The summed E-state index contributed by atoms with van der Waals surface area (Å²) in [5.41, 5.74) is 0. The molecule has 0 aromatic carbocycles. The van der Waals surface area contributed by atoms with Crippen LogP contribution in [-0.4, -0.2) is 4.68 Å². The summed E-state index contributed by atoms with van der Waals surface area (Å²) in [6.07, 6.45) is 4.00. The first kappa shape index (κ1) is 7.69. The second kappa shape index (κ2) is 2.87. The molecule has 1 heterocycles. The van der Waals surface area contributed by atoms with Gasteiger partial charge in [-0.25, -0.2) is 0 Å². The Balaban J connectivity index is 0.000000490. The number of aryl methyl sites for hydroxylation is 2. The van der Waals surface area contributed by atoms with Crippen LogP contribution in [0.25, 0.3) is 0 Å². The van der Waals surface area contributed by atoms with Gasteiger partial charge >= 0.3 is 0 Å². The fourth-order valence-electron chi connectivity index (χ4n) is 0.498. The van der Waals surface area contributed by atoms with E-state index in [0.29, 0.717) is 0 Å². The van der Waals surface area contributed by atoms with E-state index in [1.54, 1.807) is 0 Å². The molecule has 0 saturated carbocycles. The fraction of sp³-hybridized carbons (Fsp3) is 0.400. The topological polar surface area (TPSA) is 8.81 Å². The molecule has 0 saturated heterocycles. The number of halogens is 1. The van der Waals surface area contributed by atoms with Crippen molar-refractivity contribution in [2.75, 3.05) is 0 Å². The molecule has 0 fully saturated rings. The van der Waals surface area contributed by atoms with E-state index in [1.165, 1.54) is 0 Å². The standard InChI is InChI=1S/C5H9N2.BrH/c1-6-4-3-5-7(6)2;/h3-5H,1-2H3;1H/q+1;/p-1. The summed E-state index contributed by atoms with van der Waals surface area (Å²) in [5, 5.41) is 0. The van der Waals surface area contributed by atoms with Crippen molar-refractivity contribution in [1.82, 2.24) is 4.68 Å². The maximum absolute atomic E-state index is 2.00. The molecule has 46 valence electrons. The summed E-state index contributed by atoms with van der Waals surface area (Å²) in [6.45, 7) is 0. The van der Waals surface area contributed by atoms with Crippen molar-refractivity contribution in [1.29, 1.82) is 0 Å². The molecule has 0 N–H and O–H groups in total. The van der Waals surface area contributed by atoms with Gasteiger partial charge in [-0.05, 0) is 0 Å². The molecule has 1 aromatic heterocycles. The third-order valence-electron chi connectivity index (χ3n) is 1.10. The van der Waals surface area contributed by atoms with Crippen molar-refractivity contribution in [3.05, 3.63) is 18.5 Å². The van der Waals surface area contributed by atoms with Crippen LogP contribution >= 0.6 is 0 Å². The summed E-state index contributed by atoms with van der Waals surface area (Å²) in [4.78, 5) is 0. The minimum Gasteiger partial charge on any atom is -1.00 e. The van der Waals surface area contributed by atoms with Crippen molar-refractivity contribution in [2.24, 2.45) is 14.1 Å². The zero-order valence-electron chi connectivity index (χ0n) is 5.00. The van der Waals surface area contributed by atoms with Crippen LogP contribution in [0.4, 0.5) is 0 Å². The van der Waals surface area contributed by atoms with Crippen molar-refractivity contribution >= 4 is 0 Å². The van der Waals surface area contributed by atoms with Gasteiger partial charge in [0, 0.05) is 6.07 Å². The first-order chi connectivity index (χ1) is 3.30. The Hall–Kier alpha value is -0.310. The Bertz CT molecular complexity index is 143. The first-order valence-corrected chi connectivity index (χ1v) is 2.28. The van der Waals surface area contributed by atoms with Gasteiger partial charge in [-0.3, -0.25) is 0 Å². The van der Waals surface area contributed by atoms with Crippen molar-refractivity contribution < 1.29 is 21.7 Å². The van der Waals surface area contributed by atoms with Gasteiger partial charge in [0.25, 0.3) is 0 Å². The van der Waals surface area contributed by atoms with Crippen molar-refractivity contribution in [3.8, 4) is 0 Å². The summed E-state index contributed by atoms with van der Waals surface area (Å²) in [6, 6.07) is 2.00. The average molecular weight is 177 g/mol. The molecule has 2 nitrogen and oxygen atoms in total. The summed E-state index contributed by atoms with van der Waals surface area (Å²) < 4.78 is 4.00. The molecule has 0 atom stereocenters. The van der Waals surface area contributed by atoms with Crippen LogP contribution in [0.3, 0.4) is 0 Å². The van der Waals surface area contributed by atoms with Gasteiger partial charge in [0.15, 0.2) is 13.2 Å².